The molecule has 3 heteroatoms. The summed E-state index contributed by atoms with van der Waals surface area (Å²) < 4.78 is 5.67. The molecule has 2 aromatic rings. The van der Waals surface area contributed by atoms with Gasteiger partial charge in [0.1, 0.15) is 23.0 Å². The number of aromatic hydroxyl groups is 2. The van der Waals surface area contributed by atoms with E-state index >= 15 is 0 Å². The van der Waals surface area contributed by atoms with E-state index in [1.807, 2.05) is 24.3 Å². The van der Waals surface area contributed by atoms with Crippen LogP contribution in [0.15, 0.2) is 30.3 Å². The van der Waals surface area contributed by atoms with Crippen LogP contribution in [0.4, 0.5) is 0 Å². The molecule has 3 nitrogen and oxygen atoms in total. The number of para-hydroxylation sites is 1. The molecule has 0 unspecified atom stereocenters. The van der Waals surface area contributed by atoms with Gasteiger partial charge in [-0.2, -0.15) is 0 Å². The number of benzene rings is 2. The van der Waals surface area contributed by atoms with E-state index in [0.717, 1.165) is 16.9 Å². The fraction of sp³-hybridized carbons (Fsp3) is 0.143. The summed E-state index contributed by atoms with van der Waals surface area (Å²) >= 11 is 0. The number of rotatable bonds is 0. The molecule has 0 radical (unpaired) electrons. The van der Waals surface area contributed by atoms with Crippen LogP contribution in [0.5, 0.6) is 23.0 Å². The third-order valence-corrected chi connectivity index (χ3v) is 3.15. The minimum absolute atomic E-state index is 0.0561. The van der Waals surface area contributed by atoms with Crippen molar-refractivity contribution in [2.24, 2.45) is 0 Å². The normalized spacial score (nSPS) is 12.5. The molecule has 2 N–H and O–H groups in total. The first-order valence-electron chi connectivity index (χ1n) is 5.47. The first-order chi connectivity index (χ1) is 8.16. The van der Waals surface area contributed by atoms with Crippen LogP contribution in [0.25, 0.3) is 0 Å². The molecule has 0 fully saturated rings. The summed E-state index contributed by atoms with van der Waals surface area (Å²) in [6, 6.07) is 9.25. The highest BCUT2D eigenvalue weighted by molar-refractivity contribution is 5.60. The van der Waals surface area contributed by atoms with Crippen molar-refractivity contribution >= 4 is 0 Å². The zero-order valence-electron chi connectivity index (χ0n) is 9.40. The Kier molecular flexibility index (Phi) is 2.01. The lowest BCUT2D eigenvalue weighted by molar-refractivity contribution is 0.410. The Morgan fingerprint density at radius 3 is 2.71 bits per heavy atom. The molecule has 0 bridgehead atoms. The highest BCUT2D eigenvalue weighted by Gasteiger charge is 2.22. The lowest BCUT2D eigenvalue weighted by atomic mass is 9.97. The van der Waals surface area contributed by atoms with Gasteiger partial charge in [0.15, 0.2) is 0 Å². The smallest absolute Gasteiger partial charge is 0.138 e. The Hall–Kier alpha value is -2.16. The molecule has 17 heavy (non-hydrogen) atoms. The van der Waals surface area contributed by atoms with Gasteiger partial charge in [0.05, 0.1) is 0 Å². The molecule has 0 aliphatic carbocycles. The summed E-state index contributed by atoms with van der Waals surface area (Å²) in [5, 5.41) is 19.7. The van der Waals surface area contributed by atoms with Crippen molar-refractivity contribution < 1.29 is 14.9 Å². The van der Waals surface area contributed by atoms with Gasteiger partial charge in [0.2, 0.25) is 0 Å². The molecule has 1 aliphatic heterocycles. The minimum atomic E-state index is 0.0561. The average molecular weight is 228 g/mol. The minimum Gasteiger partial charge on any atom is -0.507 e. The van der Waals surface area contributed by atoms with Crippen LogP contribution < -0.4 is 4.74 Å². The first kappa shape index (κ1) is 10.0. The standard InChI is InChI=1S/C14H12O3/c1-8-11(15)7-13-10(14(8)16)6-9-4-2-3-5-12(9)17-13/h2-5,7,15-16H,6H2,1H3. The highest BCUT2D eigenvalue weighted by atomic mass is 16.5. The highest BCUT2D eigenvalue weighted by Crippen LogP contribution is 2.44. The van der Waals surface area contributed by atoms with Gasteiger partial charge in [-0.25, -0.2) is 0 Å². The van der Waals surface area contributed by atoms with Crippen molar-refractivity contribution in [3.05, 3.63) is 47.0 Å². The molecule has 0 aromatic heterocycles. The first-order valence-corrected chi connectivity index (χ1v) is 5.47. The maximum atomic E-state index is 10.0. The zero-order valence-corrected chi connectivity index (χ0v) is 9.40. The molecule has 0 amide bonds. The third-order valence-electron chi connectivity index (χ3n) is 3.15. The fourth-order valence-corrected chi connectivity index (χ4v) is 2.10. The number of phenolic OH excluding ortho intramolecular Hbond substituents is 2. The average Bonchev–Trinajstić information content (AvgIpc) is 2.34. The molecule has 1 aliphatic rings. The van der Waals surface area contributed by atoms with E-state index in [-0.39, 0.29) is 11.5 Å². The quantitative estimate of drug-likeness (QED) is 0.621. The SMILES string of the molecule is Cc1c(O)cc2c(c1O)Cc1ccccc1O2. The predicted molar refractivity (Wildman–Crippen MR) is 63.8 cm³/mol. The van der Waals surface area contributed by atoms with E-state index in [0.29, 0.717) is 17.7 Å². The molecule has 86 valence electrons. The second-order valence-electron chi connectivity index (χ2n) is 4.23. The predicted octanol–water partition coefficient (Wildman–Crippen LogP) is 3.10. The van der Waals surface area contributed by atoms with Gasteiger partial charge < -0.3 is 14.9 Å². The fourth-order valence-electron chi connectivity index (χ4n) is 2.10. The van der Waals surface area contributed by atoms with Crippen LogP contribution in [0.3, 0.4) is 0 Å². The van der Waals surface area contributed by atoms with Crippen LogP contribution in [-0.4, -0.2) is 10.2 Å². The van der Waals surface area contributed by atoms with Gasteiger partial charge in [-0.3, -0.25) is 0 Å². The van der Waals surface area contributed by atoms with E-state index in [1.54, 1.807) is 13.0 Å². The van der Waals surface area contributed by atoms with E-state index in [1.165, 1.54) is 0 Å². The number of ether oxygens (including phenoxy) is 1. The second kappa shape index (κ2) is 3.42. The Balaban J connectivity index is 2.18. The Bertz CT molecular complexity index is 603. The van der Waals surface area contributed by atoms with Gasteiger partial charge in [-0.05, 0) is 18.6 Å². The lowest BCUT2D eigenvalue weighted by Gasteiger charge is -2.22. The molecular formula is C14H12O3. The Labute approximate surface area is 98.9 Å². The van der Waals surface area contributed by atoms with Crippen LogP contribution in [0.1, 0.15) is 16.7 Å². The van der Waals surface area contributed by atoms with E-state index in [9.17, 15) is 10.2 Å². The maximum absolute atomic E-state index is 10.0. The van der Waals surface area contributed by atoms with E-state index in [2.05, 4.69) is 0 Å². The number of phenols is 2. The Morgan fingerprint density at radius 2 is 1.88 bits per heavy atom. The summed E-state index contributed by atoms with van der Waals surface area (Å²) in [5.74, 6) is 1.49. The van der Waals surface area contributed by atoms with Crippen molar-refractivity contribution in [2.75, 3.05) is 0 Å². The lowest BCUT2D eigenvalue weighted by Crippen LogP contribution is -2.03. The van der Waals surface area contributed by atoms with Crippen LogP contribution >= 0.6 is 0 Å². The summed E-state index contributed by atoms with van der Waals surface area (Å²) in [4.78, 5) is 0. The van der Waals surface area contributed by atoms with Gasteiger partial charge in [-0.1, -0.05) is 18.2 Å². The molecule has 0 saturated heterocycles. The number of hydrogen-bond acceptors (Lipinski definition) is 3. The molecule has 1 heterocycles. The third kappa shape index (κ3) is 1.43. The molecule has 0 saturated carbocycles. The number of fused-ring (bicyclic) bond motifs is 2. The van der Waals surface area contributed by atoms with Crippen LogP contribution in [0.2, 0.25) is 0 Å². The summed E-state index contributed by atoms with van der Waals surface area (Å²) in [6.07, 6.45) is 0.623. The van der Waals surface area contributed by atoms with Gasteiger partial charge in [-0.15, -0.1) is 0 Å². The largest absolute Gasteiger partial charge is 0.507 e. The van der Waals surface area contributed by atoms with Crippen molar-refractivity contribution in [1.82, 2.24) is 0 Å². The van der Waals surface area contributed by atoms with Crippen molar-refractivity contribution in [1.29, 1.82) is 0 Å². The van der Waals surface area contributed by atoms with E-state index < -0.39 is 0 Å². The molecule has 3 rings (SSSR count). The van der Waals surface area contributed by atoms with Crippen molar-refractivity contribution in [3.63, 3.8) is 0 Å². The van der Waals surface area contributed by atoms with Crippen LogP contribution in [0, 0.1) is 6.92 Å². The van der Waals surface area contributed by atoms with Gasteiger partial charge in [0, 0.05) is 23.6 Å². The maximum Gasteiger partial charge on any atom is 0.138 e. The van der Waals surface area contributed by atoms with Gasteiger partial charge >= 0.3 is 0 Å². The number of hydrogen-bond donors (Lipinski definition) is 2. The zero-order chi connectivity index (χ0) is 12.0. The van der Waals surface area contributed by atoms with Gasteiger partial charge in [0.25, 0.3) is 0 Å². The summed E-state index contributed by atoms with van der Waals surface area (Å²) in [7, 11) is 0. The van der Waals surface area contributed by atoms with Crippen molar-refractivity contribution in [2.45, 2.75) is 13.3 Å². The molecule has 2 aromatic carbocycles. The molecular weight excluding hydrogens is 216 g/mol. The van der Waals surface area contributed by atoms with Crippen LogP contribution in [-0.2, 0) is 6.42 Å². The molecule has 0 spiro atoms. The molecule has 0 atom stereocenters. The monoisotopic (exact) mass is 228 g/mol. The Morgan fingerprint density at radius 1 is 1.12 bits per heavy atom. The summed E-state index contributed by atoms with van der Waals surface area (Å²) in [6.45, 7) is 1.69. The summed E-state index contributed by atoms with van der Waals surface area (Å²) in [5.41, 5.74) is 2.27. The van der Waals surface area contributed by atoms with Crippen molar-refractivity contribution in [3.8, 4) is 23.0 Å². The topological polar surface area (TPSA) is 49.7 Å². The van der Waals surface area contributed by atoms with E-state index in [4.69, 9.17) is 4.74 Å². The second-order valence-corrected chi connectivity index (χ2v) is 4.23.